The van der Waals surface area contributed by atoms with Crippen molar-refractivity contribution in [3.8, 4) is 17.1 Å². The number of benzene rings is 1. The number of ether oxygens (including phenoxy) is 2. The van der Waals surface area contributed by atoms with Crippen molar-refractivity contribution in [2.75, 3.05) is 6.73 Å². The van der Waals surface area contributed by atoms with E-state index in [0.717, 1.165) is 6.07 Å². The molecule has 0 aliphatic carbocycles. The summed E-state index contributed by atoms with van der Waals surface area (Å²) in [6, 6.07) is 3.46. The van der Waals surface area contributed by atoms with Gasteiger partial charge in [-0.15, -0.1) is 13.2 Å². The predicted octanol–water partition coefficient (Wildman–Crippen LogP) is 4.71. The highest BCUT2D eigenvalue weighted by atomic mass is 35.5. The first-order chi connectivity index (χ1) is 11.9. The largest absolute Gasteiger partial charge is 0.573 e. The molecule has 0 aliphatic heterocycles. The molecule has 1 aromatic heterocycles. The highest BCUT2D eigenvalue weighted by Crippen LogP contribution is 2.33. The Morgan fingerprint density at radius 2 is 1.96 bits per heavy atom. The number of alkyl halides is 3. The van der Waals surface area contributed by atoms with Crippen molar-refractivity contribution >= 4 is 11.6 Å². The molecule has 1 atom stereocenters. The standard InChI is InChI=1S/C16H19ClF3N3O3/c1-9(21-8-24-15(2,3)4)14-22-13(23-26-14)10-5-6-12(11(17)7-10)25-16(18,19)20/h5-7,9,21H,8H2,1-4H3/t9-/m0/s1. The first-order valence-corrected chi connectivity index (χ1v) is 8.09. The minimum atomic E-state index is -4.82. The molecule has 0 radical (unpaired) electrons. The second kappa shape index (κ2) is 7.81. The van der Waals surface area contributed by atoms with E-state index >= 15 is 0 Å². The summed E-state index contributed by atoms with van der Waals surface area (Å²) < 4.78 is 51.4. The zero-order valence-electron chi connectivity index (χ0n) is 14.6. The molecular weight excluding hydrogens is 375 g/mol. The monoisotopic (exact) mass is 393 g/mol. The highest BCUT2D eigenvalue weighted by Gasteiger charge is 2.32. The summed E-state index contributed by atoms with van der Waals surface area (Å²) in [6.07, 6.45) is -4.82. The maximum absolute atomic E-state index is 12.3. The summed E-state index contributed by atoms with van der Waals surface area (Å²) in [5, 5.41) is 6.69. The maximum atomic E-state index is 12.3. The maximum Gasteiger partial charge on any atom is 0.573 e. The third-order valence-electron chi connectivity index (χ3n) is 3.12. The van der Waals surface area contributed by atoms with E-state index in [0.29, 0.717) is 11.5 Å². The molecule has 6 nitrogen and oxygen atoms in total. The zero-order chi connectivity index (χ0) is 19.5. The van der Waals surface area contributed by atoms with Gasteiger partial charge < -0.3 is 14.0 Å². The van der Waals surface area contributed by atoms with Gasteiger partial charge in [0.1, 0.15) is 5.75 Å². The van der Waals surface area contributed by atoms with Gasteiger partial charge in [-0.1, -0.05) is 16.8 Å². The van der Waals surface area contributed by atoms with Gasteiger partial charge in [0.2, 0.25) is 11.7 Å². The molecular formula is C16H19ClF3N3O3. The molecule has 2 rings (SSSR count). The van der Waals surface area contributed by atoms with Gasteiger partial charge in [0.25, 0.3) is 0 Å². The molecule has 0 saturated heterocycles. The molecule has 0 aliphatic rings. The van der Waals surface area contributed by atoms with Crippen LogP contribution in [0.4, 0.5) is 13.2 Å². The summed E-state index contributed by atoms with van der Waals surface area (Å²) in [4.78, 5) is 4.22. The lowest BCUT2D eigenvalue weighted by molar-refractivity contribution is -0.274. The molecule has 0 unspecified atom stereocenters. The number of halogens is 4. The molecule has 0 amide bonds. The van der Waals surface area contributed by atoms with Crippen LogP contribution in [0.2, 0.25) is 5.02 Å². The van der Waals surface area contributed by atoms with Crippen molar-refractivity contribution in [3.63, 3.8) is 0 Å². The van der Waals surface area contributed by atoms with Crippen molar-refractivity contribution in [3.05, 3.63) is 29.1 Å². The van der Waals surface area contributed by atoms with Gasteiger partial charge in [-0.3, -0.25) is 5.32 Å². The van der Waals surface area contributed by atoms with Crippen LogP contribution in [-0.2, 0) is 4.74 Å². The molecule has 26 heavy (non-hydrogen) atoms. The van der Waals surface area contributed by atoms with Crippen molar-refractivity contribution in [1.82, 2.24) is 15.5 Å². The Labute approximate surface area is 153 Å². The summed E-state index contributed by atoms with van der Waals surface area (Å²) in [7, 11) is 0. The van der Waals surface area contributed by atoms with Crippen LogP contribution in [0.3, 0.4) is 0 Å². The van der Waals surface area contributed by atoms with Crippen LogP contribution >= 0.6 is 11.6 Å². The lowest BCUT2D eigenvalue weighted by Crippen LogP contribution is -2.29. The average molecular weight is 394 g/mol. The van der Waals surface area contributed by atoms with Gasteiger partial charge >= 0.3 is 6.36 Å². The molecule has 1 heterocycles. The molecule has 1 N–H and O–H groups in total. The lowest BCUT2D eigenvalue weighted by atomic mass is 10.2. The van der Waals surface area contributed by atoms with Crippen LogP contribution in [0, 0.1) is 0 Å². The Kier molecular flexibility index (Phi) is 6.15. The molecule has 2 aromatic rings. The topological polar surface area (TPSA) is 69.4 Å². The van der Waals surface area contributed by atoms with Crippen molar-refractivity contribution in [1.29, 1.82) is 0 Å². The van der Waals surface area contributed by atoms with Crippen LogP contribution in [0.5, 0.6) is 5.75 Å². The Morgan fingerprint density at radius 1 is 1.27 bits per heavy atom. The van der Waals surface area contributed by atoms with Gasteiger partial charge in [-0.2, -0.15) is 4.98 Å². The van der Waals surface area contributed by atoms with Gasteiger partial charge in [0, 0.05) is 5.56 Å². The van der Waals surface area contributed by atoms with Crippen molar-refractivity contribution in [2.45, 2.75) is 45.7 Å². The van der Waals surface area contributed by atoms with E-state index in [4.69, 9.17) is 20.9 Å². The van der Waals surface area contributed by atoms with Crippen LogP contribution in [-0.4, -0.2) is 28.8 Å². The van der Waals surface area contributed by atoms with Gasteiger partial charge in [0.15, 0.2) is 0 Å². The predicted molar refractivity (Wildman–Crippen MR) is 88.7 cm³/mol. The third kappa shape index (κ3) is 6.15. The Bertz CT molecular complexity index is 744. The van der Waals surface area contributed by atoms with Gasteiger partial charge in [-0.05, 0) is 45.9 Å². The summed E-state index contributed by atoms with van der Waals surface area (Å²) in [5.74, 6) is 0.0103. The SMILES string of the molecule is C[C@H](NCOC(C)(C)C)c1nc(-c2ccc(OC(F)(F)F)c(Cl)c2)no1. The first kappa shape index (κ1) is 20.5. The fraction of sp³-hybridized carbons (Fsp3) is 0.500. The fourth-order valence-electron chi connectivity index (χ4n) is 1.85. The normalized spacial score (nSPS) is 13.7. The second-order valence-electron chi connectivity index (χ2n) is 6.48. The lowest BCUT2D eigenvalue weighted by Gasteiger charge is -2.20. The van der Waals surface area contributed by atoms with E-state index < -0.39 is 12.1 Å². The minimum absolute atomic E-state index is 0.200. The van der Waals surface area contributed by atoms with E-state index in [1.165, 1.54) is 12.1 Å². The molecule has 0 fully saturated rings. The van der Waals surface area contributed by atoms with Crippen molar-refractivity contribution in [2.24, 2.45) is 0 Å². The second-order valence-corrected chi connectivity index (χ2v) is 6.88. The van der Waals surface area contributed by atoms with E-state index in [1.54, 1.807) is 0 Å². The number of nitrogens with zero attached hydrogens (tertiary/aromatic N) is 2. The number of nitrogens with one attached hydrogen (secondary N) is 1. The first-order valence-electron chi connectivity index (χ1n) is 7.71. The van der Waals surface area contributed by atoms with Crippen molar-refractivity contribution < 1.29 is 27.2 Å². The Morgan fingerprint density at radius 3 is 2.54 bits per heavy atom. The molecule has 1 aromatic carbocycles. The highest BCUT2D eigenvalue weighted by molar-refractivity contribution is 6.32. The third-order valence-corrected chi connectivity index (χ3v) is 3.42. The van der Waals surface area contributed by atoms with Crippen LogP contribution in [0.15, 0.2) is 22.7 Å². The Hall–Kier alpha value is -1.84. The summed E-state index contributed by atoms with van der Waals surface area (Å²) in [6.45, 7) is 7.90. The smallest absolute Gasteiger partial charge is 0.404 e. The van der Waals surface area contributed by atoms with Gasteiger partial charge in [-0.25, -0.2) is 0 Å². The molecule has 0 bridgehead atoms. The average Bonchev–Trinajstić information content (AvgIpc) is 2.96. The van der Waals surface area contributed by atoms with E-state index in [9.17, 15) is 13.2 Å². The Balaban J connectivity index is 2.06. The van der Waals surface area contributed by atoms with E-state index in [2.05, 4.69) is 20.2 Å². The molecule has 10 heteroatoms. The quantitative estimate of drug-likeness (QED) is 0.717. The molecule has 0 saturated carbocycles. The van der Waals surface area contributed by atoms with Crippen LogP contribution in [0.1, 0.15) is 39.6 Å². The minimum Gasteiger partial charge on any atom is -0.404 e. The summed E-state index contributed by atoms with van der Waals surface area (Å²) >= 11 is 5.83. The molecule has 144 valence electrons. The van der Waals surface area contributed by atoms with Crippen LogP contribution < -0.4 is 10.1 Å². The number of hydrogen-bond donors (Lipinski definition) is 1. The van der Waals surface area contributed by atoms with E-state index in [1.807, 2.05) is 27.7 Å². The number of rotatable bonds is 6. The molecule has 0 spiro atoms. The number of hydrogen-bond acceptors (Lipinski definition) is 6. The fourth-order valence-corrected chi connectivity index (χ4v) is 2.07. The van der Waals surface area contributed by atoms with Gasteiger partial charge in [0.05, 0.1) is 23.4 Å². The van der Waals surface area contributed by atoms with Crippen LogP contribution in [0.25, 0.3) is 11.4 Å². The summed E-state index contributed by atoms with van der Waals surface area (Å²) in [5.41, 5.74) is 0.113. The zero-order valence-corrected chi connectivity index (χ0v) is 15.4. The number of aromatic nitrogens is 2. The van der Waals surface area contributed by atoms with E-state index in [-0.39, 0.29) is 29.2 Å².